The first-order valence-electron chi connectivity index (χ1n) is 8.52. The van der Waals surface area contributed by atoms with Crippen LogP contribution in [0, 0.1) is 0 Å². The van der Waals surface area contributed by atoms with Crippen LogP contribution in [-0.2, 0) is 16.1 Å². The molecule has 1 aliphatic rings. The van der Waals surface area contributed by atoms with Crippen molar-refractivity contribution in [2.24, 2.45) is 0 Å². The Bertz CT molecular complexity index is 844. The second-order valence-corrected chi connectivity index (χ2v) is 6.90. The van der Waals surface area contributed by atoms with Gasteiger partial charge in [0.05, 0.1) is 38.3 Å². The first-order chi connectivity index (χ1) is 13.1. The Morgan fingerprint density at radius 1 is 1.44 bits per heavy atom. The highest BCUT2D eigenvalue weighted by atomic mass is 32.2. The molecule has 1 aromatic carbocycles. The SMILES string of the molecule is COc1ccc(NC(=O)CSc2n[nH]c(=O)n2C[C@@H]2CCCO2)c(OC)c1. The van der Waals surface area contributed by atoms with Gasteiger partial charge in [0, 0.05) is 12.7 Å². The van der Waals surface area contributed by atoms with Crippen molar-refractivity contribution in [3.63, 3.8) is 0 Å². The van der Waals surface area contributed by atoms with Gasteiger partial charge in [-0.2, -0.15) is 0 Å². The minimum absolute atomic E-state index is 0.0111. The minimum Gasteiger partial charge on any atom is -0.497 e. The molecule has 1 aromatic heterocycles. The van der Waals surface area contributed by atoms with Gasteiger partial charge in [0.1, 0.15) is 11.5 Å². The van der Waals surface area contributed by atoms with E-state index in [1.807, 2.05) is 0 Å². The van der Waals surface area contributed by atoms with Gasteiger partial charge in [-0.05, 0) is 25.0 Å². The van der Waals surface area contributed by atoms with Gasteiger partial charge in [0.2, 0.25) is 5.91 Å². The molecule has 2 aromatic rings. The Kier molecular flexibility index (Phi) is 6.40. The van der Waals surface area contributed by atoms with Gasteiger partial charge < -0.3 is 19.5 Å². The van der Waals surface area contributed by atoms with Crippen LogP contribution in [0.4, 0.5) is 5.69 Å². The number of carbonyl (C=O) groups excluding carboxylic acids is 1. The van der Waals surface area contributed by atoms with E-state index in [4.69, 9.17) is 14.2 Å². The number of hydrogen-bond acceptors (Lipinski definition) is 7. The van der Waals surface area contributed by atoms with Gasteiger partial charge in [0.25, 0.3) is 0 Å². The lowest BCUT2D eigenvalue weighted by molar-refractivity contribution is -0.113. The van der Waals surface area contributed by atoms with Crippen LogP contribution in [-0.4, -0.2) is 53.4 Å². The average molecular weight is 394 g/mol. The summed E-state index contributed by atoms with van der Waals surface area (Å²) >= 11 is 1.19. The zero-order chi connectivity index (χ0) is 19.2. The number of aromatic amines is 1. The number of benzene rings is 1. The minimum atomic E-state index is -0.301. The molecule has 146 valence electrons. The van der Waals surface area contributed by atoms with Crippen molar-refractivity contribution in [2.45, 2.75) is 30.6 Å². The number of anilines is 1. The summed E-state index contributed by atoms with van der Waals surface area (Å²) in [5, 5.41) is 9.69. The molecule has 1 amide bonds. The van der Waals surface area contributed by atoms with Crippen LogP contribution >= 0.6 is 11.8 Å². The molecule has 1 fully saturated rings. The number of methoxy groups -OCH3 is 2. The molecule has 0 bridgehead atoms. The number of thioether (sulfide) groups is 1. The number of rotatable bonds is 8. The Morgan fingerprint density at radius 3 is 3.00 bits per heavy atom. The number of nitrogens with zero attached hydrogens (tertiary/aromatic N) is 2. The van der Waals surface area contributed by atoms with Crippen molar-refractivity contribution >= 4 is 23.4 Å². The highest BCUT2D eigenvalue weighted by Gasteiger charge is 2.20. The third-order valence-electron chi connectivity index (χ3n) is 4.15. The number of nitrogens with one attached hydrogen (secondary N) is 2. The number of ether oxygens (including phenoxy) is 3. The fourth-order valence-corrected chi connectivity index (χ4v) is 3.54. The van der Waals surface area contributed by atoms with E-state index in [0.29, 0.717) is 35.5 Å². The summed E-state index contributed by atoms with van der Waals surface area (Å²) in [7, 11) is 3.08. The lowest BCUT2D eigenvalue weighted by atomic mass is 10.2. The third-order valence-corrected chi connectivity index (χ3v) is 5.12. The molecule has 0 spiro atoms. The van der Waals surface area contributed by atoms with Crippen LogP contribution in [0.5, 0.6) is 11.5 Å². The maximum absolute atomic E-state index is 12.3. The summed E-state index contributed by atoms with van der Waals surface area (Å²) in [5.74, 6) is 1.00. The molecule has 0 aliphatic carbocycles. The molecule has 3 rings (SSSR count). The molecule has 2 heterocycles. The zero-order valence-corrected chi connectivity index (χ0v) is 16.0. The van der Waals surface area contributed by atoms with Crippen LogP contribution < -0.4 is 20.5 Å². The molecule has 9 nitrogen and oxygen atoms in total. The second kappa shape index (κ2) is 8.96. The van der Waals surface area contributed by atoms with E-state index in [1.54, 1.807) is 25.3 Å². The van der Waals surface area contributed by atoms with Crippen molar-refractivity contribution in [1.29, 1.82) is 0 Å². The normalized spacial score (nSPS) is 16.3. The summed E-state index contributed by atoms with van der Waals surface area (Å²) < 4.78 is 17.5. The summed E-state index contributed by atoms with van der Waals surface area (Å²) in [4.78, 5) is 24.3. The second-order valence-electron chi connectivity index (χ2n) is 5.96. The van der Waals surface area contributed by atoms with Crippen LogP contribution in [0.2, 0.25) is 0 Å². The topological polar surface area (TPSA) is 107 Å². The van der Waals surface area contributed by atoms with Crippen LogP contribution in [0.1, 0.15) is 12.8 Å². The largest absolute Gasteiger partial charge is 0.497 e. The molecule has 2 N–H and O–H groups in total. The number of amides is 1. The Labute approximate surface area is 160 Å². The fraction of sp³-hybridized carbons (Fsp3) is 0.471. The van der Waals surface area contributed by atoms with Crippen molar-refractivity contribution in [1.82, 2.24) is 14.8 Å². The van der Waals surface area contributed by atoms with E-state index >= 15 is 0 Å². The fourth-order valence-electron chi connectivity index (χ4n) is 2.78. The zero-order valence-electron chi connectivity index (χ0n) is 15.2. The van der Waals surface area contributed by atoms with Gasteiger partial charge in [-0.3, -0.25) is 9.36 Å². The van der Waals surface area contributed by atoms with E-state index < -0.39 is 0 Å². The quantitative estimate of drug-likeness (QED) is 0.653. The maximum Gasteiger partial charge on any atom is 0.344 e. The standard InChI is InChI=1S/C17H22N4O5S/c1-24-11-5-6-13(14(8-11)25-2)18-15(22)10-27-17-20-19-16(23)21(17)9-12-4-3-7-26-12/h5-6,8,12H,3-4,7,9-10H2,1-2H3,(H,18,22)(H,19,23)/t12-/m0/s1. The van der Waals surface area contributed by atoms with Gasteiger partial charge >= 0.3 is 5.69 Å². The van der Waals surface area contributed by atoms with Gasteiger partial charge in [-0.1, -0.05) is 11.8 Å². The van der Waals surface area contributed by atoms with Gasteiger partial charge in [-0.25, -0.2) is 9.89 Å². The summed E-state index contributed by atoms with van der Waals surface area (Å²) in [6, 6.07) is 5.14. The highest BCUT2D eigenvalue weighted by Crippen LogP contribution is 2.29. The van der Waals surface area contributed by atoms with Gasteiger partial charge in [-0.15, -0.1) is 5.10 Å². The molecule has 0 unspecified atom stereocenters. The smallest absolute Gasteiger partial charge is 0.344 e. The number of hydrogen-bond donors (Lipinski definition) is 2. The van der Waals surface area contributed by atoms with Crippen LogP contribution in [0.15, 0.2) is 28.2 Å². The first kappa shape index (κ1) is 19.3. The lowest BCUT2D eigenvalue weighted by Crippen LogP contribution is -2.25. The predicted octanol–water partition coefficient (Wildman–Crippen LogP) is 1.50. The monoisotopic (exact) mass is 394 g/mol. The average Bonchev–Trinajstić information content (AvgIpc) is 3.31. The summed E-state index contributed by atoms with van der Waals surface area (Å²) in [5.41, 5.74) is 0.243. The molecule has 10 heteroatoms. The molecule has 0 saturated carbocycles. The van der Waals surface area contributed by atoms with Crippen molar-refractivity contribution in [3.8, 4) is 11.5 Å². The lowest BCUT2D eigenvalue weighted by Gasteiger charge is -2.12. The van der Waals surface area contributed by atoms with Gasteiger partial charge in [0.15, 0.2) is 5.16 Å². The van der Waals surface area contributed by atoms with E-state index in [0.717, 1.165) is 12.8 Å². The van der Waals surface area contributed by atoms with E-state index in [1.165, 1.54) is 23.4 Å². The molecule has 1 saturated heterocycles. The number of aromatic nitrogens is 3. The number of H-pyrrole nitrogens is 1. The van der Waals surface area contributed by atoms with Crippen molar-refractivity contribution < 1.29 is 19.0 Å². The van der Waals surface area contributed by atoms with Crippen molar-refractivity contribution in [2.75, 3.05) is 31.9 Å². The molecule has 1 aliphatic heterocycles. The molecule has 0 radical (unpaired) electrons. The Morgan fingerprint density at radius 2 is 2.30 bits per heavy atom. The van der Waals surface area contributed by atoms with Crippen molar-refractivity contribution in [3.05, 3.63) is 28.7 Å². The third kappa shape index (κ3) is 4.83. The molecule has 27 heavy (non-hydrogen) atoms. The molecule has 1 atom stereocenters. The van der Waals surface area contributed by atoms with E-state index in [-0.39, 0.29) is 23.5 Å². The van der Waals surface area contributed by atoms with E-state index in [2.05, 4.69) is 15.5 Å². The summed E-state index contributed by atoms with van der Waals surface area (Å²) in [6.45, 7) is 1.15. The first-order valence-corrected chi connectivity index (χ1v) is 9.50. The highest BCUT2D eigenvalue weighted by molar-refractivity contribution is 7.99. The Hall–Kier alpha value is -2.46. The van der Waals surface area contributed by atoms with Crippen LogP contribution in [0.25, 0.3) is 0 Å². The molecular formula is C17H22N4O5S. The number of carbonyl (C=O) groups is 1. The molecular weight excluding hydrogens is 372 g/mol. The van der Waals surface area contributed by atoms with E-state index in [9.17, 15) is 9.59 Å². The predicted molar refractivity (Wildman–Crippen MR) is 101 cm³/mol. The maximum atomic E-state index is 12.3. The van der Waals surface area contributed by atoms with Crippen LogP contribution in [0.3, 0.4) is 0 Å². The Balaban J connectivity index is 1.60. The summed E-state index contributed by atoms with van der Waals surface area (Å²) in [6.07, 6.45) is 1.92.